The topological polar surface area (TPSA) is 139 Å². The molecular formula is C27H37N5O5S. The zero-order chi connectivity index (χ0) is 27.5. The fourth-order valence-electron chi connectivity index (χ4n) is 4.01. The molecule has 3 rings (SSSR count). The van der Waals surface area contributed by atoms with Gasteiger partial charge < -0.3 is 26.0 Å². The third kappa shape index (κ3) is 8.83. The first-order valence-electron chi connectivity index (χ1n) is 13.0. The van der Waals surface area contributed by atoms with Crippen molar-refractivity contribution < 1.29 is 23.9 Å². The van der Waals surface area contributed by atoms with Gasteiger partial charge in [0.15, 0.2) is 0 Å². The molecule has 206 valence electrons. The molecule has 11 heteroatoms. The Morgan fingerprint density at radius 1 is 1.21 bits per heavy atom. The predicted octanol–water partition coefficient (Wildman–Crippen LogP) is 2.12. The van der Waals surface area contributed by atoms with E-state index in [1.807, 2.05) is 26.2 Å². The average Bonchev–Trinajstić information content (AvgIpc) is 3.31. The van der Waals surface area contributed by atoms with Crippen molar-refractivity contribution in [2.75, 3.05) is 19.7 Å². The van der Waals surface area contributed by atoms with Crippen LogP contribution in [0.3, 0.4) is 0 Å². The first-order valence-corrected chi connectivity index (χ1v) is 13.9. The van der Waals surface area contributed by atoms with Gasteiger partial charge >= 0.3 is 0 Å². The van der Waals surface area contributed by atoms with Crippen molar-refractivity contribution in [3.63, 3.8) is 0 Å². The van der Waals surface area contributed by atoms with Crippen LogP contribution in [0.5, 0.6) is 5.75 Å². The summed E-state index contributed by atoms with van der Waals surface area (Å²) in [5.74, 6) is -1.20. The normalized spacial score (nSPS) is 19.5. The Labute approximate surface area is 227 Å². The molecule has 1 aliphatic rings. The highest BCUT2D eigenvalue weighted by Crippen LogP contribution is 2.19. The molecule has 2 aromatic rings. The van der Waals surface area contributed by atoms with Gasteiger partial charge in [0.2, 0.25) is 17.7 Å². The molecule has 4 amide bonds. The lowest BCUT2D eigenvalue weighted by atomic mass is 10.0. The van der Waals surface area contributed by atoms with Gasteiger partial charge in [-0.1, -0.05) is 26.0 Å². The number of thiazole rings is 1. The highest BCUT2D eigenvalue weighted by atomic mass is 32.1. The Kier molecular flexibility index (Phi) is 11.1. The Morgan fingerprint density at radius 2 is 2.00 bits per heavy atom. The van der Waals surface area contributed by atoms with E-state index in [2.05, 4.69) is 26.3 Å². The number of hydrogen-bond acceptors (Lipinski definition) is 7. The van der Waals surface area contributed by atoms with Crippen LogP contribution in [-0.2, 0) is 20.8 Å². The summed E-state index contributed by atoms with van der Waals surface area (Å²) < 4.78 is 5.82. The van der Waals surface area contributed by atoms with E-state index in [1.54, 1.807) is 35.6 Å². The number of para-hydroxylation sites is 1. The number of rotatable bonds is 6. The molecule has 0 aliphatic carbocycles. The van der Waals surface area contributed by atoms with Crippen molar-refractivity contribution in [1.82, 2.24) is 26.3 Å². The lowest BCUT2D eigenvalue weighted by molar-refractivity contribution is -0.130. The summed E-state index contributed by atoms with van der Waals surface area (Å²) >= 11 is 1.59. The van der Waals surface area contributed by atoms with Gasteiger partial charge in [0.25, 0.3) is 5.91 Å². The second kappa shape index (κ2) is 14.5. The van der Waals surface area contributed by atoms with E-state index >= 15 is 0 Å². The van der Waals surface area contributed by atoms with Crippen LogP contribution in [0.15, 0.2) is 29.6 Å². The van der Waals surface area contributed by atoms with Crippen molar-refractivity contribution in [3.05, 3.63) is 45.9 Å². The number of amides is 4. The Hall–Kier alpha value is -3.47. The van der Waals surface area contributed by atoms with Gasteiger partial charge in [-0.3, -0.25) is 19.2 Å². The molecule has 2 atom stereocenters. The molecule has 4 N–H and O–H groups in total. The number of ether oxygens (including phenoxy) is 1. The summed E-state index contributed by atoms with van der Waals surface area (Å²) in [4.78, 5) is 56.1. The number of hydrogen-bond donors (Lipinski definition) is 4. The van der Waals surface area contributed by atoms with Crippen LogP contribution >= 0.6 is 11.3 Å². The van der Waals surface area contributed by atoms with Crippen molar-refractivity contribution in [1.29, 1.82) is 0 Å². The second-order valence-corrected chi connectivity index (χ2v) is 10.6. The monoisotopic (exact) mass is 543 g/mol. The van der Waals surface area contributed by atoms with Gasteiger partial charge in [-0.25, -0.2) is 4.98 Å². The van der Waals surface area contributed by atoms with Crippen LogP contribution in [-0.4, -0.2) is 60.4 Å². The van der Waals surface area contributed by atoms with E-state index in [0.717, 1.165) is 17.1 Å². The van der Waals surface area contributed by atoms with Gasteiger partial charge in [0, 0.05) is 37.0 Å². The van der Waals surface area contributed by atoms with Crippen LogP contribution in [0.2, 0.25) is 0 Å². The van der Waals surface area contributed by atoms with E-state index in [4.69, 9.17) is 4.74 Å². The van der Waals surface area contributed by atoms with Crippen LogP contribution in [0.1, 0.15) is 60.6 Å². The van der Waals surface area contributed by atoms with E-state index in [0.29, 0.717) is 37.2 Å². The molecule has 1 aliphatic heterocycles. The fraction of sp³-hybridized carbons (Fsp3) is 0.519. The van der Waals surface area contributed by atoms with Crippen molar-refractivity contribution in [2.45, 2.75) is 65.0 Å². The Morgan fingerprint density at radius 3 is 2.74 bits per heavy atom. The highest BCUT2D eigenvalue weighted by molar-refractivity contribution is 7.09. The first-order chi connectivity index (χ1) is 18.2. The molecule has 0 saturated carbocycles. The quantitative estimate of drug-likeness (QED) is 0.412. The number of aromatic nitrogens is 1. The molecular weight excluding hydrogens is 506 g/mol. The predicted molar refractivity (Wildman–Crippen MR) is 145 cm³/mol. The fourth-order valence-corrected chi connectivity index (χ4v) is 4.83. The van der Waals surface area contributed by atoms with E-state index in [-0.39, 0.29) is 43.1 Å². The van der Waals surface area contributed by atoms with Crippen LogP contribution in [0.4, 0.5) is 0 Å². The number of aryl methyl sites for hydroxylation is 2. The molecule has 38 heavy (non-hydrogen) atoms. The Bertz CT molecular complexity index is 1120. The highest BCUT2D eigenvalue weighted by Gasteiger charge is 2.27. The summed E-state index contributed by atoms with van der Waals surface area (Å²) in [6.45, 7) is 6.71. The van der Waals surface area contributed by atoms with Gasteiger partial charge in [-0.2, -0.15) is 0 Å². The maximum absolute atomic E-state index is 13.2. The van der Waals surface area contributed by atoms with E-state index in [1.165, 1.54) is 0 Å². The van der Waals surface area contributed by atoms with Crippen molar-refractivity contribution in [2.24, 2.45) is 5.92 Å². The van der Waals surface area contributed by atoms with Gasteiger partial charge in [0.1, 0.15) is 17.8 Å². The van der Waals surface area contributed by atoms with Gasteiger partial charge in [-0.15, -0.1) is 11.3 Å². The maximum Gasteiger partial charge on any atom is 0.255 e. The third-order valence-corrected chi connectivity index (χ3v) is 7.12. The summed E-state index contributed by atoms with van der Waals surface area (Å²) in [7, 11) is 0. The SMILES string of the molecule is Cc1csc(CCCNC(=O)[C@@H]2CCC(=O)NC(C(C)C)C(=O)NCCCOc3ccccc3C(=O)N2)n1. The van der Waals surface area contributed by atoms with Crippen LogP contribution < -0.4 is 26.0 Å². The summed E-state index contributed by atoms with van der Waals surface area (Å²) in [5.41, 5.74) is 1.27. The standard InChI is InChI=1S/C27H37N5O5S/c1-17(2)24-27(36)29-14-7-15-37-21-9-5-4-8-19(21)25(34)31-20(11-12-22(33)32-24)26(35)28-13-6-10-23-30-18(3)16-38-23/h4-5,8-9,16-17,20,24H,6-7,10-15H2,1-3H3,(H,28,35)(H,29,36)(H,31,34)(H,32,33)/t20-,24?/m0/s1. The minimum atomic E-state index is -0.942. The number of nitrogens with one attached hydrogen (secondary N) is 4. The van der Waals surface area contributed by atoms with E-state index < -0.39 is 18.0 Å². The summed E-state index contributed by atoms with van der Waals surface area (Å²) in [6.07, 6.45) is 1.99. The number of fused-ring (bicyclic) bond motifs is 1. The molecule has 1 unspecified atom stereocenters. The number of benzene rings is 1. The van der Waals surface area contributed by atoms with Gasteiger partial charge in [0.05, 0.1) is 17.2 Å². The number of carbonyl (C=O) groups excluding carboxylic acids is 4. The minimum absolute atomic E-state index is 0.0363. The van der Waals surface area contributed by atoms with Crippen LogP contribution in [0.25, 0.3) is 0 Å². The number of nitrogens with zero attached hydrogens (tertiary/aromatic N) is 1. The van der Waals surface area contributed by atoms with E-state index in [9.17, 15) is 19.2 Å². The largest absolute Gasteiger partial charge is 0.493 e. The zero-order valence-electron chi connectivity index (χ0n) is 22.2. The third-order valence-electron chi connectivity index (χ3n) is 6.09. The molecule has 10 nitrogen and oxygen atoms in total. The molecule has 0 spiro atoms. The minimum Gasteiger partial charge on any atom is -0.493 e. The molecule has 1 aromatic heterocycles. The van der Waals surface area contributed by atoms with Crippen molar-refractivity contribution >= 4 is 35.0 Å². The Balaban J connectivity index is 1.72. The molecule has 0 fully saturated rings. The lowest BCUT2D eigenvalue weighted by Gasteiger charge is -2.23. The van der Waals surface area contributed by atoms with Crippen LogP contribution in [0, 0.1) is 12.8 Å². The molecule has 0 bridgehead atoms. The smallest absolute Gasteiger partial charge is 0.255 e. The lowest BCUT2D eigenvalue weighted by Crippen LogP contribution is -2.51. The maximum atomic E-state index is 13.2. The zero-order valence-corrected chi connectivity index (χ0v) is 23.0. The first kappa shape index (κ1) is 29.1. The molecule has 0 saturated heterocycles. The second-order valence-electron chi connectivity index (χ2n) is 9.62. The van der Waals surface area contributed by atoms with Crippen molar-refractivity contribution in [3.8, 4) is 5.75 Å². The molecule has 2 heterocycles. The number of carbonyl (C=O) groups is 4. The van der Waals surface area contributed by atoms with Gasteiger partial charge in [-0.05, 0) is 44.2 Å². The summed E-state index contributed by atoms with van der Waals surface area (Å²) in [5, 5.41) is 14.3. The summed E-state index contributed by atoms with van der Waals surface area (Å²) in [6, 6.07) is 5.15. The molecule has 1 aromatic carbocycles. The molecule has 0 radical (unpaired) electrons. The average molecular weight is 544 g/mol.